The second kappa shape index (κ2) is 10.2. The molecule has 2 heterocycles. The Morgan fingerprint density at radius 3 is 2.58 bits per heavy atom. The van der Waals surface area contributed by atoms with Gasteiger partial charge >= 0.3 is 59.1 Å². The minimum atomic E-state index is -5.21. The van der Waals surface area contributed by atoms with Crippen molar-refractivity contribution in [3.05, 3.63) is 24.0 Å². The third kappa shape index (κ3) is 6.48. The molecule has 4 atom stereocenters. The molecule has 0 saturated carbocycles. The number of aliphatic hydroxyl groups is 2. The zero-order chi connectivity index (χ0) is 16.5. The van der Waals surface area contributed by atoms with Crippen molar-refractivity contribution in [1.29, 1.82) is 0 Å². The van der Waals surface area contributed by atoms with Gasteiger partial charge in [0, 0.05) is 18.0 Å². The number of ether oxygens (including phenoxy) is 1. The number of nitrogens with two attached hydrogens (primary N) is 1. The van der Waals surface area contributed by atoms with Crippen LogP contribution in [0.15, 0.2) is 24.0 Å². The van der Waals surface area contributed by atoms with Gasteiger partial charge in [0.25, 0.3) is 0 Å². The Morgan fingerprint density at radius 1 is 1.42 bits per heavy atom. The van der Waals surface area contributed by atoms with Gasteiger partial charge in [-0.1, -0.05) is 6.08 Å². The fourth-order valence-corrected chi connectivity index (χ4v) is 2.51. The van der Waals surface area contributed by atoms with Crippen molar-refractivity contribution in [3.8, 4) is 0 Å². The Bertz CT molecular complexity index is 554. The van der Waals surface area contributed by atoms with E-state index in [2.05, 4.69) is 4.52 Å². The minimum Gasteiger partial charge on any atom is -0.790 e. The Kier molecular flexibility index (Phi) is 10.5. The first-order valence-electron chi connectivity index (χ1n) is 6.32. The summed E-state index contributed by atoms with van der Waals surface area (Å²) in [4.78, 5) is 33.4. The molecule has 1 saturated heterocycles. The molecule has 1 amide bonds. The molecule has 1 unspecified atom stereocenters. The van der Waals surface area contributed by atoms with Crippen LogP contribution in [0.2, 0.25) is 0 Å². The third-order valence-corrected chi connectivity index (χ3v) is 3.73. The molecule has 2 rings (SSSR count). The van der Waals surface area contributed by atoms with Crippen LogP contribution in [-0.4, -0.2) is 52.2 Å². The number of phosphoric acid groups is 1. The van der Waals surface area contributed by atoms with Gasteiger partial charge in [-0.3, -0.25) is 4.79 Å². The molecule has 0 radical (unpaired) electrons. The van der Waals surface area contributed by atoms with E-state index < -0.39 is 44.9 Å². The fourth-order valence-electron chi connectivity index (χ4n) is 2.18. The van der Waals surface area contributed by atoms with Crippen molar-refractivity contribution >= 4 is 13.7 Å². The molecule has 0 aromatic carbocycles. The van der Waals surface area contributed by atoms with Crippen molar-refractivity contribution in [1.82, 2.24) is 4.90 Å². The van der Waals surface area contributed by atoms with Crippen LogP contribution in [0, 0.1) is 0 Å². The van der Waals surface area contributed by atoms with Crippen LogP contribution in [0.3, 0.4) is 0 Å². The van der Waals surface area contributed by atoms with Crippen molar-refractivity contribution in [2.45, 2.75) is 31.0 Å². The number of phosphoric ester groups is 1. The SMILES string of the molecule is NC(=O)C1=CN([C@@H]2O[C@H](COP(=O)([O-])[O-])C(O)[C@@H]2O)C=CC1.[Na+].[Na+]. The molecule has 124 valence electrons. The van der Waals surface area contributed by atoms with Gasteiger partial charge in [-0.25, -0.2) is 0 Å². The zero-order valence-corrected chi connectivity index (χ0v) is 18.2. The van der Waals surface area contributed by atoms with E-state index in [4.69, 9.17) is 10.5 Å². The molecular formula is C11H15N2Na2O8P. The van der Waals surface area contributed by atoms with Gasteiger partial charge in [-0.2, -0.15) is 0 Å². The first-order chi connectivity index (χ1) is 10.2. The van der Waals surface area contributed by atoms with E-state index in [1.165, 1.54) is 17.3 Å². The smallest absolute Gasteiger partial charge is 0.790 e. The first-order valence-corrected chi connectivity index (χ1v) is 7.78. The average Bonchev–Trinajstić information content (AvgIpc) is 2.72. The molecule has 2 aliphatic heterocycles. The predicted octanol–water partition coefficient (Wildman–Crippen LogP) is -9.13. The van der Waals surface area contributed by atoms with Gasteiger partial charge in [-0.15, -0.1) is 0 Å². The number of hydrogen-bond donors (Lipinski definition) is 3. The second-order valence-corrected chi connectivity index (χ2v) is 6.00. The standard InChI is InChI=1S/C11H17N2O8P.2Na/c12-10(16)6-2-1-3-13(4-6)11-9(15)8(14)7(21-11)5-20-22(17,18)19;;/h1,3-4,7-9,11,14-15H,2,5H2,(H2,12,16)(H2,17,18,19);;/q;2*+1/p-2/t7-,8?,9+,11-;;/m1../s1. The summed E-state index contributed by atoms with van der Waals surface area (Å²) in [5, 5.41) is 19.8. The van der Waals surface area contributed by atoms with E-state index in [1.807, 2.05) is 0 Å². The summed E-state index contributed by atoms with van der Waals surface area (Å²) in [6.07, 6.45) is -0.351. The molecule has 2 aliphatic rings. The van der Waals surface area contributed by atoms with Crippen molar-refractivity contribution < 1.29 is 97.7 Å². The minimum absolute atomic E-state index is 0. The summed E-state index contributed by atoms with van der Waals surface area (Å²) < 4.78 is 19.8. The maximum absolute atomic E-state index is 11.2. The van der Waals surface area contributed by atoms with E-state index in [9.17, 15) is 29.4 Å². The summed E-state index contributed by atoms with van der Waals surface area (Å²) >= 11 is 0. The monoisotopic (exact) mass is 380 g/mol. The van der Waals surface area contributed by atoms with Crippen molar-refractivity contribution in [2.75, 3.05) is 6.61 Å². The molecule has 0 bridgehead atoms. The largest absolute Gasteiger partial charge is 1.00 e. The summed E-state index contributed by atoms with van der Waals surface area (Å²) in [5.41, 5.74) is 5.45. The normalized spacial score (nSPS) is 29.5. The van der Waals surface area contributed by atoms with E-state index in [0.717, 1.165) is 0 Å². The summed E-state index contributed by atoms with van der Waals surface area (Å²) in [7, 11) is -5.21. The Hall–Kier alpha value is 0.740. The topological polar surface area (TPSA) is 168 Å². The number of carbonyl (C=O) groups is 1. The fraction of sp³-hybridized carbons (Fsp3) is 0.545. The van der Waals surface area contributed by atoms with Gasteiger partial charge in [0.05, 0.1) is 14.4 Å². The second-order valence-electron chi connectivity index (χ2n) is 4.84. The number of primary amides is 1. The molecule has 0 aromatic rings. The molecule has 24 heavy (non-hydrogen) atoms. The maximum Gasteiger partial charge on any atom is 1.00 e. The van der Waals surface area contributed by atoms with Gasteiger partial charge in [0.2, 0.25) is 5.91 Å². The maximum atomic E-state index is 11.2. The van der Waals surface area contributed by atoms with Crippen molar-refractivity contribution in [3.63, 3.8) is 0 Å². The van der Waals surface area contributed by atoms with Gasteiger partial charge < -0.3 is 44.5 Å². The van der Waals surface area contributed by atoms with Crippen LogP contribution in [0.25, 0.3) is 0 Å². The van der Waals surface area contributed by atoms with E-state index in [0.29, 0.717) is 6.42 Å². The van der Waals surface area contributed by atoms with E-state index in [-0.39, 0.29) is 64.7 Å². The molecule has 0 spiro atoms. The Balaban J connectivity index is 0.00000264. The summed E-state index contributed by atoms with van der Waals surface area (Å²) in [6, 6.07) is 0. The summed E-state index contributed by atoms with van der Waals surface area (Å²) in [5.74, 6) is -0.638. The van der Waals surface area contributed by atoms with E-state index in [1.54, 1.807) is 6.08 Å². The van der Waals surface area contributed by atoms with Gasteiger partial charge in [0.1, 0.15) is 18.3 Å². The van der Waals surface area contributed by atoms with Crippen LogP contribution in [0.4, 0.5) is 0 Å². The number of nitrogens with zero attached hydrogens (tertiary/aromatic N) is 1. The van der Waals surface area contributed by atoms with Crippen LogP contribution < -0.4 is 74.6 Å². The first kappa shape index (κ1) is 24.7. The Morgan fingerprint density at radius 2 is 2.04 bits per heavy atom. The molecule has 10 nitrogen and oxygen atoms in total. The predicted molar refractivity (Wildman–Crippen MR) is 67.1 cm³/mol. The zero-order valence-electron chi connectivity index (χ0n) is 13.3. The molecule has 13 heteroatoms. The van der Waals surface area contributed by atoms with Crippen LogP contribution in [0.1, 0.15) is 6.42 Å². The van der Waals surface area contributed by atoms with Crippen LogP contribution in [0.5, 0.6) is 0 Å². The number of amides is 1. The summed E-state index contributed by atoms with van der Waals surface area (Å²) in [6.45, 7) is -0.719. The average molecular weight is 380 g/mol. The number of carbonyl (C=O) groups excluding carboxylic acids is 1. The quantitative estimate of drug-likeness (QED) is 0.310. The Labute approximate surface area is 182 Å². The molecular weight excluding hydrogens is 365 g/mol. The van der Waals surface area contributed by atoms with Gasteiger partial charge in [-0.05, 0) is 6.42 Å². The van der Waals surface area contributed by atoms with Gasteiger partial charge in [0.15, 0.2) is 6.23 Å². The van der Waals surface area contributed by atoms with Crippen molar-refractivity contribution in [2.24, 2.45) is 5.73 Å². The third-order valence-electron chi connectivity index (χ3n) is 3.26. The number of rotatable bonds is 5. The molecule has 1 fully saturated rings. The number of hydrogen-bond acceptors (Lipinski definition) is 9. The van der Waals surface area contributed by atoms with Crippen LogP contribution in [-0.2, 0) is 18.6 Å². The molecule has 0 aromatic heterocycles. The number of allylic oxidation sites excluding steroid dienone is 1. The van der Waals surface area contributed by atoms with Crippen LogP contribution >= 0.6 is 7.82 Å². The molecule has 4 N–H and O–H groups in total. The number of aliphatic hydroxyl groups excluding tert-OH is 2. The van der Waals surface area contributed by atoms with E-state index >= 15 is 0 Å². The molecule has 0 aliphatic carbocycles.